The van der Waals surface area contributed by atoms with Crippen molar-refractivity contribution in [3.63, 3.8) is 0 Å². The highest BCUT2D eigenvalue weighted by Crippen LogP contribution is 2.29. The average Bonchev–Trinajstić information content (AvgIpc) is 2.51. The second kappa shape index (κ2) is 7.08. The highest BCUT2D eigenvalue weighted by atomic mass is 35.5. The third-order valence-corrected chi connectivity index (χ3v) is 5.41. The molecule has 1 aliphatic rings. The maximum atomic E-state index is 13.4. The number of nitrogens with zero attached hydrogens (tertiary/aromatic N) is 1. The summed E-state index contributed by atoms with van der Waals surface area (Å²) in [5.74, 6) is -0.252. The number of piperidine rings is 1. The Morgan fingerprint density at radius 2 is 2.00 bits per heavy atom. The van der Waals surface area contributed by atoms with Crippen molar-refractivity contribution in [2.24, 2.45) is 5.73 Å². The molecule has 0 aliphatic carbocycles. The maximum Gasteiger partial charge on any atom is 0.123 e. The Bertz CT molecular complexity index is 474. The Morgan fingerprint density at radius 3 is 2.62 bits per heavy atom. The average molecular weight is 313 g/mol. The van der Waals surface area contributed by atoms with Crippen molar-refractivity contribution >= 4 is 11.6 Å². The summed E-state index contributed by atoms with van der Waals surface area (Å²) >= 11 is 6.18. The van der Waals surface area contributed by atoms with E-state index in [1.54, 1.807) is 6.07 Å². The van der Waals surface area contributed by atoms with E-state index >= 15 is 0 Å². The van der Waals surface area contributed by atoms with Crippen LogP contribution in [0.2, 0.25) is 5.02 Å². The number of rotatable bonds is 5. The zero-order valence-electron chi connectivity index (χ0n) is 13.0. The molecule has 0 amide bonds. The Morgan fingerprint density at radius 1 is 1.33 bits per heavy atom. The molecule has 2 unspecified atom stereocenters. The second-order valence-corrected chi connectivity index (χ2v) is 6.71. The first kappa shape index (κ1) is 16.7. The molecule has 1 saturated heterocycles. The highest BCUT2D eigenvalue weighted by molar-refractivity contribution is 6.31. The number of benzene rings is 1. The molecule has 4 heteroatoms. The molecule has 1 heterocycles. The Labute approximate surface area is 132 Å². The van der Waals surface area contributed by atoms with E-state index in [0.717, 1.165) is 25.1 Å². The molecule has 1 aromatic rings. The molecule has 2 nitrogen and oxygen atoms in total. The zero-order valence-corrected chi connectivity index (χ0v) is 13.8. The molecule has 2 atom stereocenters. The van der Waals surface area contributed by atoms with Crippen molar-refractivity contribution in [2.75, 3.05) is 13.1 Å². The van der Waals surface area contributed by atoms with Crippen LogP contribution in [-0.4, -0.2) is 29.6 Å². The largest absolute Gasteiger partial charge is 0.326 e. The molecule has 1 aliphatic heterocycles. The molecule has 0 spiro atoms. The van der Waals surface area contributed by atoms with E-state index in [1.165, 1.54) is 31.4 Å². The molecule has 1 aromatic carbocycles. The van der Waals surface area contributed by atoms with Gasteiger partial charge in [-0.1, -0.05) is 24.9 Å². The van der Waals surface area contributed by atoms with E-state index in [1.807, 2.05) is 0 Å². The minimum atomic E-state index is -0.252. The van der Waals surface area contributed by atoms with Gasteiger partial charge < -0.3 is 5.73 Å². The van der Waals surface area contributed by atoms with Crippen LogP contribution in [0.5, 0.6) is 0 Å². The lowest BCUT2D eigenvalue weighted by Crippen LogP contribution is -2.59. The van der Waals surface area contributed by atoms with Gasteiger partial charge in [-0.3, -0.25) is 4.90 Å². The van der Waals surface area contributed by atoms with Gasteiger partial charge in [0.05, 0.1) is 0 Å². The van der Waals surface area contributed by atoms with Crippen LogP contribution in [0.1, 0.15) is 45.1 Å². The molecule has 0 aromatic heterocycles. The van der Waals surface area contributed by atoms with Gasteiger partial charge in [0.1, 0.15) is 5.82 Å². The van der Waals surface area contributed by atoms with E-state index in [0.29, 0.717) is 11.4 Å². The third-order valence-electron chi connectivity index (χ3n) is 5.04. The predicted molar refractivity (Wildman–Crippen MR) is 87.2 cm³/mol. The quantitative estimate of drug-likeness (QED) is 0.890. The molecule has 118 valence electrons. The smallest absolute Gasteiger partial charge is 0.123 e. The fourth-order valence-corrected chi connectivity index (χ4v) is 3.48. The van der Waals surface area contributed by atoms with Gasteiger partial charge in [0.2, 0.25) is 0 Å². The van der Waals surface area contributed by atoms with Crippen LogP contribution in [0.25, 0.3) is 0 Å². The number of hydrogen-bond acceptors (Lipinski definition) is 2. The maximum absolute atomic E-state index is 13.4. The molecule has 21 heavy (non-hydrogen) atoms. The molecule has 0 bridgehead atoms. The van der Waals surface area contributed by atoms with E-state index < -0.39 is 0 Å². The Hall–Kier alpha value is -0.640. The number of nitrogens with two attached hydrogens (primary N) is 1. The van der Waals surface area contributed by atoms with Crippen LogP contribution in [0.15, 0.2) is 18.2 Å². The number of hydrogen-bond donors (Lipinski definition) is 1. The van der Waals surface area contributed by atoms with E-state index in [2.05, 4.69) is 18.7 Å². The van der Waals surface area contributed by atoms with Crippen molar-refractivity contribution in [1.82, 2.24) is 4.90 Å². The van der Waals surface area contributed by atoms with Crippen molar-refractivity contribution < 1.29 is 4.39 Å². The predicted octanol–water partition coefficient (Wildman–Crippen LogP) is 4.00. The summed E-state index contributed by atoms with van der Waals surface area (Å²) in [5.41, 5.74) is 7.27. The van der Waals surface area contributed by atoms with Gasteiger partial charge in [-0.25, -0.2) is 4.39 Å². The topological polar surface area (TPSA) is 29.3 Å². The highest BCUT2D eigenvalue weighted by Gasteiger charge is 2.36. The van der Waals surface area contributed by atoms with Crippen LogP contribution < -0.4 is 5.73 Å². The first-order valence-corrected chi connectivity index (χ1v) is 8.29. The van der Waals surface area contributed by atoms with Gasteiger partial charge in [-0.05, 0) is 69.5 Å². The van der Waals surface area contributed by atoms with Gasteiger partial charge in [-0.15, -0.1) is 0 Å². The summed E-state index contributed by atoms with van der Waals surface area (Å²) in [6.07, 6.45) is 5.38. The van der Waals surface area contributed by atoms with Crippen LogP contribution in [0, 0.1) is 5.82 Å². The first-order valence-electron chi connectivity index (χ1n) is 7.92. The van der Waals surface area contributed by atoms with E-state index in [9.17, 15) is 4.39 Å². The summed E-state index contributed by atoms with van der Waals surface area (Å²) in [6, 6.07) is 4.46. The van der Waals surface area contributed by atoms with Crippen LogP contribution in [-0.2, 0) is 6.42 Å². The summed E-state index contributed by atoms with van der Waals surface area (Å²) in [5, 5.41) is 0.601. The monoisotopic (exact) mass is 312 g/mol. The zero-order chi connectivity index (χ0) is 15.5. The van der Waals surface area contributed by atoms with Gasteiger partial charge in [0.15, 0.2) is 0 Å². The van der Waals surface area contributed by atoms with E-state index in [-0.39, 0.29) is 17.4 Å². The van der Waals surface area contributed by atoms with Gasteiger partial charge in [0, 0.05) is 16.6 Å². The van der Waals surface area contributed by atoms with Gasteiger partial charge >= 0.3 is 0 Å². The Balaban J connectivity index is 2.15. The lowest BCUT2D eigenvalue weighted by atomic mass is 9.83. The molecular formula is C17H26ClFN2. The number of likely N-dealkylation sites (tertiary alicyclic amines) is 1. The Kier molecular flexibility index (Phi) is 5.64. The molecular weight excluding hydrogens is 287 g/mol. The fraction of sp³-hybridized carbons (Fsp3) is 0.647. The summed E-state index contributed by atoms with van der Waals surface area (Å²) in [6.45, 7) is 6.63. The van der Waals surface area contributed by atoms with Crippen molar-refractivity contribution in [3.8, 4) is 0 Å². The lowest BCUT2D eigenvalue weighted by molar-refractivity contribution is 0.0546. The molecule has 0 radical (unpaired) electrons. The summed E-state index contributed by atoms with van der Waals surface area (Å²) < 4.78 is 13.4. The normalized spacial score (nSPS) is 21.0. The summed E-state index contributed by atoms with van der Waals surface area (Å²) in [4.78, 5) is 2.51. The minimum Gasteiger partial charge on any atom is -0.326 e. The second-order valence-electron chi connectivity index (χ2n) is 6.30. The van der Waals surface area contributed by atoms with Gasteiger partial charge in [-0.2, -0.15) is 0 Å². The van der Waals surface area contributed by atoms with Gasteiger partial charge in [0.25, 0.3) is 0 Å². The lowest BCUT2D eigenvalue weighted by Gasteiger charge is -2.47. The molecule has 2 N–H and O–H groups in total. The third kappa shape index (κ3) is 3.77. The van der Waals surface area contributed by atoms with E-state index in [4.69, 9.17) is 17.3 Å². The first-order chi connectivity index (χ1) is 9.97. The van der Waals surface area contributed by atoms with Crippen molar-refractivity contribution in [3.05, 3.63) is 34.6 Å². The minimum absolute atomic E-state index is 0.0556. The van der Waals surface area contributed by atoms with Crippen LogP contribution >= 0.6 is 11.6 Å². The molecule has 2 rings (SSSR count). The van der Waals surface area contributed by atoms with Crippen molar-refractivity contribution in [2.45, 2.75) is 57.5 Å². The van der Waals surface area contributed by atoms with Crippen molar-refractivity contribution in [1.29, 1.82) is 0 Å². The van der Waals surface area contributed by atoms with Crippen LogP contribution in [0.3, 0.4) is 0 Å². The number of halogens is 2. The fourth-order valence-electron chi connectivity index (χ4n) is 3.28. The standard InChI is InChI=1S/C17H26ClFN2/c1-3-17(2,21-9-5-4-6-10-21)16(20)12-13-11-14(19)7-8-15(13)18/h7-8,11,16H,3-6,9-10,12,20H2,1-2H3. The molecule has 0 saturated carbocycles. The molecule has 1 fully saturated rings. The SMILES string of the molecule is CCC(C)(C(N)Cc1cc(F)ccc1Cl)N1CCCCC1. The van der Waals surface area contributed by atoms with Crippen LogP contribution in [0.4, 0.5) is 4.39 Å². The summed E-state index contributed by atoms with van der Waals surface area (Å²) in [7, 11) is 0.